The highest BCUT2D eigenvalue weighted by Crippen LogP contribution is 2.25. The maximum Gasteiger partial charge on any atom is 0.347 e. The number of nitrogens with zero attached hydrogens (tertiary/aromatic N) is 1. The van der Waals surface area contributed by atoms with Crippen LogP contribution in [-0.4, -0.2) is 36.6 Å². The molecule has 10 heteroatoms. The highest BCUT2D eigenvalue weighted by Gasteiger charge is 2.21. The molecule has 1 amide bonds. The lowest BCUT2D eigenvalue weighted by Crippen LogP contribution is -2.25. The van der Waals surface area contributed by atoms with E-state index in [1.54, 1.807) is 13.8 Å². The zero-order valence-corrected chi connectivity index (χ0v) is 14.9. The van der Waals surface area contributed by atoms with Crippen LogP contribution in [0.5, 0.6) is 0 Å². The lowest BCUT2D eigenvalue weighted by molar-refractivity contribution is 0.0700. The molecule has 2 aromatic rings. The van der Waals surface area contributed by atoms with Gasteiger partial charge in [-0.2, -0.15) is 0 Å². The van der Waals surface area contributed by atoms with Crippen molar-refractivity contribution in [3.8, 4) is 0 Å². The number of thiazole rings is 1. The normalized spacial score (nSPS) is 12.8. The third kappa shape index (κ3) is 3.95. The van der Waals surface area contributed by atoms with Gasteiger partial charge in [-0.1, -0.05) is 0 Å². The van der Waals surface area contributed by atoms with Crippen molar-refractivity contribution in [2.75, 3.05) is 6.26 Å². The molecule has 0 aliphatic rings. The topological polar surface area (TPSA) is 113 Å². The molecule has 0 saturated carbocycles. The van der Waals surface area contributed by atoms with Crippen LogP contribution in [0.15, 0.2) is 16.3 Å². The number of carbonyl (C=O) groups excluding carboxylic acids is 1. The zero-order valence-electron chi connectivity index (χ0n) is 12.5. The molecule has 0 spiro atoms. The number of rotatable bonds is 5. The number of sulfone groups is 1. The van der Waals surface area contributed by atoms with Gasteiger partial charge in [-0.15, -0.1) is 22.7 Å². The molecule has 124 valence electrons. The van der Waals surface area contributed by atoms with Crippen molar-refractivity contribution in [3.05, 3.63) is 31.9 Å². The summed E-state index contributed by atoms with van der Waals surface area (Å²) in [5, 5.41) is 13.6. The summed E-state index contributed by atoms with van der Waals surface area (Å²) >= 11 is 2.04. The van der Waals surface area contributed by atoms with E-state index >= 15 is 0 Å². The Bertz CT molecular complexity index is 866. The number of carboxylic acid groups (broad SMARTS) is 1. The van der Waals surface area contributed by atoms with Gasteiger partial charge >= 0.3 is 5.97 Å². The van der Waals surface area contributed by atoms with Gasteiger partial charge in [-0.3, -0.25) is 4.79 Å². The molecule has 2 aromatic heterocycles. The molecule has 0 bridgehead atoms. The summed E-state index contributed by atoms with van der Waals surface area (Å²) in [7, 11) is -3.35. The number of nitrogens with one attached hydrogen (secondary N) is 1. The van der Waals surface area contributed by atoms with Gasteiger partial charge in [0.15, 0.2) is 9.84 Å². The summed E-state index contributed by atoms with van der Waals surface area (Å²) in [5.41, 5.74) is 0.397. The molecule has 2 rings (SSSR count). The van der Waals surface area contributed by atoms with Gasteiger partial charge in [0.2, 0.25) is 0 Å². The van der Waals surface area contributed by atoms with E-state index in [-0.39, 0.29) is 14.6 Å². The SMILES string of the molecule is Cc1nc(C(C)NC(=O)c2cc(S(C)(=O)=O)cs2)sc1C(=O)O. The fourth-order valence-corrected chi connectivity index (χ4v) is 4.59. The fraction of sp³-hybridized carbons (Fsp3) is 0.308. The first-order valence-electron chi connectivity index (χ1n) is 6.39. The summed E-state index contributed by atoms with van der Waals surface area (Å²) in [4.78, 5) is 27.8. The van der Waals surface area contributed by atoms with Crippen LogP contribution in [0, 0.1) is 6.92 Å². The largest absolute Gasteiger partial charge is 0.477 e. The predicted octanol–water partition coefficient (Wildman–Crippen LogP) is 2.11. The Kier molecular flexibility index (Phi) is 4.87. The summed E-state index contributed by atoms with van der Waals surface area (Å²) in [6, 6.07) is 0.834. The molecule has 0 saturated heterocycles. The number of hydrogen-bond donors (Lipinski definition) is 2. The van der Waals surface area contributed by atoms with Gasteiger partial charge in [0, 0.05) is 11.6 Å². The van der Waals surface area contributed by atoms with Gasteiger partial charge in [0.25, 0.3) is 5.91 Å². The summed E-state index contributed by atoms with van der Waals surface area (Å²) in [6.07, 6.45) is 1.07. The molecule has 1 atom stereocenters. The average Bonchev–Trinajstić information content (AvgIpc) is 3.04. The van der Waals surface area contributed by atoms with Crippen LogP contribution < -0.4 is 5.32 Å². The molecule has 0 aliphatic heterocycles. The van der Waals surface area contributed by atoms with E-state index in [2.05, 4.69) is 10.3 Å². The smallest absolute Gasteiger partial charge is 0.347 e. The van der Waals surface area contributed by atoms with Crippen LogP contribution in [0.2, 0.25) is 0 Å². The maximum absolute atomic E-state index is 12.2. The van der Waals surface area contributed by atoms with Crippen LogP contribution in [-0.2, 0) is 9.84 Å². The van der Waals surface area contributed by atoms with Crippen LogP contribution in [0.4, 0.5) is 0 Å². The highest BCUT2D eigenvalue weighted by atomic mass is 32.2. The summed E-state index contributed by atoms with van der Waals surface area (Å²) in [5.74, 6) is -1.48. The minimum Gasteiger partial charge on any atom is -0.477 e. The van der Waals surface area contributed by atoms with Crippen LogP contribution in [0.25, 0.3) is 0 Å². The number of carbonyl (C=O) groups is 2. The summed E-state index contributed by atoms with van der Waals surface area (Å²) < 4.78 is 22.9. The van der Waals surface area contributed by atoms with Gasteiger partial charge in [-0.05, 0) is 19.9 Å². The average molecular weight is 374 g/mol. The van der Waals surface area contributed by atoms with Crippen LogP contribution in [0.3, 0.4) is 0 Å². The monoisotopic (exact) mass is 374 g/mol. The molecular weight excluding hydrogens is 360 g/mol. The number of aromatic nitrogens is 1. The Balaban J connectivity index is 2.15. The van der Waals surface area contributed by atoms with Crippen LogP contribution >= 0.6 is 22.7 Å². The zero-order chi connectivity index (χ0) is 17.4. The molecule has 1 unspecified atom stereocenters. The lowest BCUT2D eigenvalue weighted by Gasteiger charge is -2.09. The second-order valence-electron chi connectivity index (χ2n) is 4.89. The number of aryl methyl sites for hydroxylation is 1. The Morgan fingerprint density at radius 3 is 2.52 bits per heavy atom. The van der Waals surface area contributed by atoms with Crippen molar-refractivity contribution in [3.63, 3.8) is 0 Å². The van der Waals surface area contributed by atoms with Crippen LogP contribution in [0.1, 0.15) is 43.0 Å². The number of aromatic carboxylic acids is 1. The number of carboxylic acids is 1. The van der Waals surface area contributed by atoms with E-state index in [0.717, 1.165) is 28.9 Å². The van der Waals surface area contributed by atoms with Gasteiger partial charge < -0.3 is 10.4 Å². The number of thiophene rings is 1. The molecular formula is C13H14N2O5S3. The fourth-order valence-electron chi connectivity index (χ4n) is 1.76. The molecule has 2 N–H and O–H groups in total. The Morgan fingerprint density at radius 1 is 1.39 bits per heavy atom. The molecule has 2 heterocycles. The quantitative estimate of drug-likeness (QED) is 0.828. The minimum absolute atomic E-state index is 0.0959. The Hall–Kier alpha value is -1.78. The molecule has 0 radical (unpaired) electrons. The predicted molar refractivity (Wildman–Crippen MR) is 87.1 cm³/mol. The second-order valence-corrected chi connectivity index (χ2v) is 8.84. The Morgan fingerprint density at radius 2 is 2.04 bits per heavy atom. The first-order chi connectivity index (χ1) is 10.6. The van der Waals surface area contributed by atoms with E-state index in [1.807, 2.05) is 0 Å². The lowest BCUT2D eigenvalue weighted by atomic mass is 10.3. The van der Waals surface area contributed by atoms with E-state index in [9.17, 15) is 18.0 Å². The van der Waals surface area contributed by atoms with Gasteiger partial charge in [0.1, 0.15) is 9.88 Å². The van der Waals surface area contributed by atoms with Crippen molar-refractivity contribution in [1.82, 2.24) is 10.3 Å². The second kappa shape index (κ2) is 6.38. The first-order valence-corrected chi connectivity index (χ1v) is 9.98. The highest BCUT2D eigenvalue weighted by molar-refractivity contribution is 7.90. The number of hydrogen-bond acceptors (Lipinski definition) is 7. The van der Waals surface area contributed by atoms with Gasteiger partial charge in [0.05, 0.1) is 21.5 Å². The molecule has 7 nitrogen and oxygen atoms in total. The van der Waals surface area contributed by atoms with Crippen molar-refractivity contribution < 1.29 is 23.1 Å². The third-order valence-electron chi connectivity index (χ3n) is 2.95. The molecule has 0 aromatic carbocycles. The van der Waals surface area contributed by atoms with Crippen molar-refractivity contribution in [1.29, 1.82) is 0 Å². The number of amides is 1. The Labute approximate surface area is 140 Å². The molecule has 0 fully saturated rings. The standard InChI is InChI=1S/C13H14N2O5S3/c1-6-10(13(17)18)22-12(15-6)7(2)14-11(16)9-4-8(5-21-9)23(3,19)20/h4-5,7H,1-3H3,(H,14,16)(H,17,18). The van der Waals surface area contributed by atoms with E-state index in [1.165, 1.54) is 11.4 Å². The minimum atomic E-state index is -3.35. The summed E-state index contributed by atoms with van der Waals surface area (Å²) in [6.45, 7) is 3.28. The maximum atomic E-state index is 12.2. The third-order valence-corrected chi connectivity index (χ3v) is 6.45. The van der Waals surface area contributed by atoms with E-state index in [4.69, 9.17) is 5.11 Å². The molecule has 0 aliphatic carbocycles. The van der Waals surface area contributed by atoms with E-state index in [0.29, 0.717) is 10.7 Å². The van der Waals surface area contributed by atoms with Crippen molar-refractivity contribution >= 4 is 44.4 Å². The van der Waals surface area contributed by atoms with E-state index < -0.39 is 27.8 Å². The van der Waals surface area contributed by atoms with Crippen molar-refractivity contribution in [2.24, 2.45) is 0 Å². The van der Waals surface area contributed by atoms with Crippen molar-refractivity contribution in [2.45, 2.75) is 24.8 Å². The molecule has 23 heavy (non-hydrogen) atoms. The first kappa shape index (κ1) is 17.6. The van der Waals surface area contributed by atoms with Gasteiger partial charge in [-0.25, -0.2) is 18.2 Å².